The Morgan fingerprint density at radius 3 is 2.43 bits per heavy atom. The van der Waals surface area contributed by atoms with Gasteiger partial charge >= 0.3 is 5.97 Å². The second kappa shape index (κ2) is 17.0. The minimum absolute atomic E-state index is 0.00922. The van der Waals surface area contributed by atoms with Gasteiger partial charge < -0.3 is 19.7 Å². The van der Waals surface area contributed by atoms with Crippen molar-refractivity contribution in [1.82, 2.24) is 15.2 Å². The number of aromatic nitrogens is 1. The van der Waals surface area contributed by atoms with E-state index in [0.717, 1.165) is 25.9 Å². The summed E-state index contributed by atoms with van der Waals surface area (Å²) in [6.45, 7) is 34.9. The van der Waals surface area contributed by atoms with E-state index in [0.29, 0.717) is 91.6 Å². The molecule has 4 saturated carbocycles. The molecule has 7 aliphatic rings. The summed E-state index contributed by atoms with van der Waals surface area (Å²) in [6.07, 6.45) is 20.3. The van der Waals surface area contributed by atoms with Gasteiger partial charge in [-0.1, -0.05) is 65.0 Å². The summed E-state index contributed by atoms with van der Waals surface area (Å²) in [4.78, 5) is 24.1. The van der Waals surface area contributed by atoms with Gasteiger partial charge in [-0.25, -0.2) is 18.2 Å². The Morgan fingerprint density at radius 2 is 1.75 bits per heavy atom. The number of carbonyl (C=O) groups is 1. The van der Waals surface area contributed by atoms with Gasteiger partial charge in [0, 0.05) is 37.9 Å². The second-order valence-corrected chi connectivity index (χ2v) is 25.3. The monoisotopic (exact) mass is 883 g/mol. The molecule has 1 saturated heterocycles. The first-order valence-corrected chi connectivity index (χ1v) is 26.5. The smallest absolute Gasteiger partial charge is 0.312 e. The Labute approximate surface area is 380 Å². The minimum Gasteiger partial charge on any atom is -0.486 e. The van der Waals surface area contributed by atoms with E-state index in [4.69, 9.17) is 16.0 Å². The van der Waals surface area contributed by atoms with Crippen molar-refractivity contribution in [1.29, 1.82) is 0 Å². The van der Waals surface area contributed by atoms with Crippen LogP contribution in [0.3, 0.4) is 0 Å². The zero-order valence-electron chi connectivity index (χ0n) is 40.0. The van der Waals surface area contributed by atoms with Crippen molar-refractivity contribution in [2.24, 2.45) is 56.7 Å². The molecule has 0 bridgehead atoms. The molecule has 5 fully saturated rings. The molecule has 2 heterocycles. The molecule has 0 aromatic carbocycles. The predicted octanol–water partition coefficient (Wildman–Crippen LogP) is 10.7. The molecular formula is C53H78N4O5S. The van der Waals surface area contributed by atoms with Gasteiger partial charge in [-0.05, 0) is 173 Å². The molecule has 346 valence electrons. The molecule has 1 aliphatic heterocycles. The van der Waals surface area contributed by atoms with Crippen molar-refractivity contribution >= 4 is 21.5 Å². The number of hydrogen-bond donors (Lipinski definition) is 1. The van der Waals surface area contributed by atoms with Crippen molar-refractivity contribution in [3.8, 4) is 5.88 Å². The molecule has 1 N–H and O–H groups in total. The number of sulfone groups is 1. The lowest BCUT2D eigenvalue weighted by Crippen LogP contribution is -2.68. The first-order valence-electron chi connectivity index (χ1n) is 24.6. The highest BCUT2D eigenvalue weighted by Gasteiger charge is 2.70. The maximum Gasteiger partial charge on any atom is 0.312 e. The number of allylic oxidation sites excluding steroid dienone is 5. The van der Waals surface area contributed by atoms with Gasteiger partial charge in [-0.15, -0.1) is 0 Å². The van der Waals surface area contributed by atoms with E-state index in [2.05, 4.69) is 80.3 Å². The third-order valence-electron chi connectivity index (χ3n) is 19.4. The number of hydrogen-bond acceptors (Lipinski definition) is 8. The highest BCUT2D eigenvalue weighted by atomic mass is 32.2. The number of nitrogens with one attached hydrogen (secondary N) is 1. The fourth-order valence-electron chi connectivity index (χ4n) is 16.0. The molecular weight excluding hydrogens is 805 g/mol. The lowest BCUT2D eigenvalue weighted by atomic mass is 9.33. The highest BCUT2D eigenvalue weighted by molar-refractivity contribution is 7.91. The summed E-state index contributed by atoms with van der Waals surface area (Å²) in [7, 11) is -2.88. The van der Waals surface area contributed by atoms with E-state index < -0.39 is 15.3 Å². The van der Waals surface area contributed by atoms with Crippen LogP contribution >= 0.6 is 0 Å². The van der Waals surface area contributed by atoms with Crippen LogP contribution in [-0.4, -0.2) is 80.2 Å². The normalized spacial score (nSPS) is 39.3. The van der Waals surface area contributed by atoms with E-state index in [-0.39, 0.29) is 39.3 Å². The van der Waals surface area contributed by atoms with Gasteiger partial charge in [0.15, 0.2) is 9.84 Å². The molecule has 0 amide bonds. The van der Waals surface area contributed by atoms with E-state index in [1.165, 1.54) is 68.1 Å². The lowest BCUT2D eigenvalue weighted by Gasteiger charge is -2.72. The summed E-state index contributed by atoms with van der Waals surface area (Å²) < 4.78 is 36.2. The zero-order chi connectivity index (χ0) is 45.2. The number of carbonyl (C=O) groups excluding carboxylic acids is 1. The Morgan fingerprint density at radius 1 is 0.984 bits per heavy atom. The standard InChI is InChI=1S/C53H78N4O5S/c1-36(2)39-17-24-53(56-29-30-57-31-34-63(59,60)35-32-57)26-25-50(8)41(45(39)53)13-14-44-49(7)20-18-40(48(5,6)43(49)19-21-51(44,50)9)38-15-22-52(23-16-38,47(58)62-37(3)4)27-33-61-46-42(54-10)12-11-28-55-46/h11-12,15,18,28,37,39,41,43-45,56H,1,13-14,16-17,19-27,29-35H2,2-9H3/t39-,41+,43-,44+,45+,49-,50+,51+,52?,53-/m0/s1. The maximum atomic E-state index is 13.9. The average Bonchev–Trinajstić information content (AvgIpc) is 3.62. The summed E-state index contributed by atoms with van der Waals surface area (Å²) in [5.74, 6) is 3.79. The van der Waals surface area contributed by atoms with Crippen molar-refractivity contribution in [2.75, 3.05) is 44.3 Å². The number of pyridine rings is 1. The van der Waals surface area contributed by atoms with Crippen LogP contribution in [-0.2, 0) is 19.4 Å². The van der Waals surface area contributed by atoms with E-state index in [1.54, 1.807) is 18.3 Å². The number of fused-ring (bicyclic) bond motifs is 7. The quantitative estimate of drug-likeness (QED) is 0.126. The fraction of sp³-hybridized carbons (Fsp3) is 0.755. The first-order chi connectivity index (χ1) is 29.7. The SMILES string of the molecule is [C-]#[N+]c1cccnc1OCCC1(C(=O)OC(C)C)CC=C(C2=CC[C@]3(C)[C@H]4CC[C@@H]5[C@H]6[C@H](C(=C)C)CC[C@]6(NCCN6CCS(=O)(=O)CC6)CC[C@@]5(C)[C@]4(C)CC[C@H]3C2(C)C)CC1. The lowest BCUT2D eigenvalue weighted by molar-refractivity contribution is -0.221. The molecule has 0 spiro atoms. The highest BCUT2D eigenvalue weighted by Crippen LogP contribution is 2.76. The Bertz CT molecular complexity index is 2140. The predicted molar refractivity (Wildman–Crippen MR) is 252 cm³/mol. The third-order valence-corrected chi connectivity index (χ3v) is 21.0. The molecule has 8 rings (SSSR count). The van der Waals surface area contributed by atoms with Crippen LogP contribution < -0.4 is 10.1 Å². The number of rotatable bonds is 12. The van der Waals surface area contributed by atoms with Crippen LogP contribution in [0.15, 0.2) is 53.8 Å². The largest absolute Gasteiger partial charge is 0.486 e. The average molecular weight is 883 g/mol. The Hall–Kier alpha value is -3.00. The Balaban J connectivity index is 1.00. The Kier molecular flexibility index (Phi) is 12.6. The van der Waals surface area contributed by atoms with E-state index in [9.17, 15) is 13.2 Å². The minimum atomic E-state index is -2.88. The van der Waals surface area contributed by atoms with Crippen LogP contribution in [0.25, 0.3) is 4.85 Å². The molecule has 10 atom stereocenters. The van der Waals surface area contributed by atoms with Crippen molar-refractivity contribution in [3.05, 3.63) is 65.2 Å². The van der Waals surface area contributed by atoms with E-state index in [1.807, 2.05) is 13.8 Å². The zero-order valence-corrected chi connectivity index (χ0v) is 40.8. The molecule has 1 unspecified atom stereocenters. The van der Waals surface area contributed by atoms with Gasteiger partial charge in [-0.3, -0.25) is 4.79 Å². The molecule has 63 heavy (non-hydrogen) atoms. The van der Waals surface area contributed by atoms with Crippen molar-refractivity contribution in [3.63, 3.8) is 0 Å². The van der Waals surface area contributed by atoms with Gasteiger partial charge in [-0.2, -0.15) is 0 Å². The van der Waals surface area contributed by atoms with Crippen molar-refractivity contribution in [2.45, 2.75) is 151 Å². The summed E-state index contributed by atoms with van der Waals surface area (Å²) >= 11 is 0. The molecule has 6 aliphatic carbocycles. The first kappa shape index (κ1) is 46.5. The summed E-state index contributed by atoms with van der Waals surface area (Å²) in [5.41, 5.74) is 4.84. The molecule has 10 heteroatoms. The van der Waals surface area contributed by atoms with Crippen LogP contribution in [0.4, 0.5) is 5.69 Å². The van der Waals surface area contributed by atoms with Gasteiger partial charge in [0.2, 0.25) is 11.6 Å². The fourth-order valence-corrected chi connectivity index (χ4v) is 17.2. The summed E-state index contributed by atoms with van der Waals surface area (Å²) in [6, 6.07) is 3.45. The van der Waals surface area contributed by atoms with Gasteiger partial charge in [0.05, 0.1) is 36.2 Å². The van der Waals surface area contributed by atoms with Crippen LogP contribution in [0, 0.1) is 63.2 Å². The molecule has 0 radical (unpaired) electrons. The van der Waals surface area contributed by atoms with Gasteiger partial charge in [0.25, 0.3) is 0 Å². The molecule has 9 nitrogen and oxygen atoms in total. The molecule has 1 aromatic rings. The maximum absolute atomic E-state index is 13.9. The molecule has 1 aromatic heterocycles. The summed E-state index contributed by atoms with van der Waals surface area (Å²) in [5, 5.41) is 4.24. The second-order valence-electron chi connectivity index (χ2n) is 23.0. The number of esters is 1. The number of nitrogens with zero attached hydrogens (tertiary/aromatic N) is 3. The number of ether oxygens (including phenoxy) is 2. The van der Waals surface area contributed by atoms with Crippen LogP contribution in [0.5, 0.6) is 5.88 Å². The van der Waals surface area contributed by atoms with Gasteiger partial charge in [0.1, 0.15) is 0 Å². The van der Waals surface area contributed by atoms with Crippen LogP contribution in [0.1, 0.15) is 139 Å². The topological polar surface area (TPSA) is 102 Å². The van der Waals surface area contributed by atoms with Crippen molar-refractivity contribution < 1.29 is 22.7 Å². The third kappa shape index (κ3) is 7.98. The van der Waals surface area contributed by atoms with E-state index >= 15 is 0 Å². The van der Waals surface area contributed by atoms with Crippen LogP contribution in [0.2, 0.25) is 0 Å².